The second-order valence-electron chi connectivity index (χ2n) is 6.58. The molecule has 2 saturated carbocycles. The molecular formula is C15H20O4. The second-order valence-corrected chi connectivity index (χ2v) is 6.58. The molecule has 2 aliphatic carbocycles. The van der Waals surface area contributed by atoms with Crippen LogP contribution in [0.25, 0.3) is 0 Å². The van der Waals surface area contributed by atoms with Crippen molar-refractivity contribution in [3.05, 3.63) is 0 Å². The fourth-order valence-electron chi connectivity index (χ4n) is 3.16. The van der Waals surface area contributed by atoms with Gasteiger partial charge in [-0.1, -0.05) is 13.8 Å². The Kier molecular flexibility index (Phi) is 3.70. The molecule has 0 aromatic rings. The maximum atomic E-state index is 12.1. The van der Waals surface area contributed by atoms with E-state index in [0.29, 0.717) is 32.1 Å². The highest BCUT2D eigenvalue weighted by Crippen LogP contribution is 2.37. The van der Waals surface area contributed by atoms with Crippen LogP contribution >= 0.6 is 0 Å². The maximum Gasteiger partial charge on any atom is 0.143 e. The minimum Gasteiger partial charge on any atom is -0.299 e. The summed E-state index contributed by atoms with van der Waals surface area (Å²) in [6.07, 6.45) is 2.24. The van der Waals surface area contributed by atoms with Crippen molar-refractivity contribution < 1.29 is 19.2 Å². The second kappa shape index (κ2) is 4.99. The predicted octanol–water partition coefficient (Wildman–Crippen LogP) is 1.89. The van der Waals surface area contributed by atoms with E-state index in [-0.39, 0.29) is 35.0 Å². The lowest BCUT2D eigenvalue weighted by Gasteiger charge is -2.33. The molecular weight excluding hydrogens is 244 g/mol. The molecule has 0 amide bonds. The lowest BCUT2D eigenvalue weighted by atomic mass is 9.68. The summed E-state index contributed by atoms with van der Waals surface area (Å²) in [6, 6.07) is 0. The molecule has 2 fully saturated rings. The monoisotopic (exact) mass is 264 g/mol. The number of carbonyl (C=O) groups excluding carboxylic acids is 4. The Morgan fingerprint density at radius 1 is 0.842 bits per heavy atom. The Labute approximate surface area is 112 Å². The van der Waals surface area contributed by atoms with Crippen molar-refractivity contribution in [2.45, 2.75) is 52.4 Å². The molecule has 0 spiro atoms. The Morgan fingerprint density at radius 3 is 1.74 bits per heavy atom. The average molecular weight is 264 g/mol. The van der Waals surface area contributed by atoms with Crippen molar-refractivity contribution in [1.82, 2.24) is 0 Å². The molecule has 0 aromatic heterocycles. The number of hydrogen-bond donors (Lipinski definition) is 0. The fourth-order valence-corrected chi connectivity index (χ4v) is 3.16. The van der Waals surface area contributed by atoms with E-state index in [4.69, 9.17) is 0 Å². The van der Waals surface area contributed by atoms with Gasteiger partial charge in [-0.2, -0.15) is 0 Å². The van der Waals surface area contributed by atoms with Gasteiger partial charge >= 0.3 is 0 Å². The smallest absolute Gasteiger partial charge is 0.143 e. The maximum absolute atomic E-state index is 12.1. The van der Waals surface area contributed by atoms with E-state index in [1.165, 1.54) is 0 Å². The van der Waals surface area contributed by atoms with Gasteiger partial charge in [0.05, 0.1) is 11.8 Å². The zero-order valence-corrected chi connectivity index (χ0v) is 11.5. The van der Waals surface area contributed by atoms with Crippen LogP contribution in [-0.4, -0.2) is 23.1 Å². The van der Waals surface area contributed by atoms with Crippen molar-refractivity contribution in [2.75, 3.05) is 0 Å². The summed E-state index contributed by atoms with van der Waals surface area (Å²) in [7, 11) is 0. The van der Waals surface area contributed by atoms with Crippen molar-refractivity contribution in [3.63, 3.8) is 0 Å². The van der Waals surface area contributed by atoms with Crippen LogP contribution in [0.4, 0.5) is 0 Å². The molecule has 0 N–H and O–H groups in total. The normalized spacial score (nSPS) is 26.0. The first-order chi connectivity index (χ1) is 8.80. The van der Waals surface area contributed by atoms with E-state index in [1.54, 1.807) is 0 Å². The Bertz CT molecular complexity index is 411. The zero-order chi connectivity index (χ0) is 14.2. The van der Waals surface area contributed by atoms with Gasteiger partial charge in [0.1, 0.15) is 23.1 Å². The molecule has 104 valence electrons. The first-order valence-corrected chi connectivity index (χ1v) is 6.91. The summed E-state index contributed by atoms with van der Waals surface area (Å²) in [6.45, 7) is 3.80. The van der Waals surface area contributed by atoms with E-state index < -0.39 is 11.8 Å². The standard InChI is InChI=1S/C15H20O4/c1-15(2)7-13(18)10(14(19)8-15)6-9-11(16)4-3-5-12(9)17/h9-10H,3-8H2,1-2H3. The molecule has 0 aliphatic heterocycles. The van der Waals surface area contributed by atoms with Crippen molar-refractivity contribution in [2.24, 2.45) is 17.3 Å². The number of hydrogen-bond acceptors (Lipinski definition) is 4. The lowest BCUT2D eigenvalue weighted by Crippen LogP contribution is -2.41. The predicted molar refractivity (Wildman–Crippen MR) is 68.5 cm³/mol. The first kappa shape index (κ1) is 14.1. The summed E-state index contributed by atoms with van der Waals surface area (Å²) in [5.41, 5.74) is -0.286. The molecule has 0 bridgehead atoms. The SMILES string of the molecule is CC1(C)CC(=O)C(CC2C(=O)CCCC2=O)C(=O)C1. The van der Waals surface area contributed by atoms with Crippen molar-refractivity contribution in [3.8, 4) is 0 Å². The molecule has 0 unspecified atom stereocenters. The molecule has 2 aliphatic rings. The van der Waals surface area contributed by atoms with Gasteiger partial charge in [-0.15, -0.1) is 0 Å². The molecule has 0 radical (unpaired) electrons. The van der Waals surface area contributed by atoms with Gasteiger partial charge in [0, 0.05) is 25.7 Å². The highest BCUT2D eigenvalue weighted by atomic mass is 16.2. The number of carbonyl (C=O) groups is 4. The lowest BCUT2D eigenvalue weighted by molar-refractivity contribution is -0.142. The van der Waals surface area contributed by atoms with Gasteiger partial charge in [0.25, 0.3) is 0 Å². The van der Waals surface area contributed by atoms with Crippen LogP contribution in [-0.2, 0) is 19.2 Å². The highest BCUT2D eigenvalue weighted by molar-refractivity contribution is 6.08. The Morgan fingerprint density at radius 2 is 1.26 bits per heavy atom. The summed E-state index contributed by atoms with van der Waals surface area (Å²) < 4.78 is 0. The number of ketones is 4. The van der Waals surface area contributed by atoms with E-state index in [1.807, 2.05) is 13.8 Å². The van der Waals surface area contributed by atoms with E-state index in [0.717, 1.165) is 0 Å². The van der Waals surface area contributed by atoms with E-state index >= 15 is 0 Å². The first-order valence-electron chi connectivity index (χ1n) is 6.91. The quantitative estimate of drug-likeness (QED) is 0.714. The van der Waals surface area contributed by atoms with E-state index in [2.05, 4.69) is 0 Å². The molecule has 19 heavy (non-hydrogen) atoms. The summed E-state index contributed by atoms with van der Waals surface area (Å²) >= 11 is 0. The number of rotatable bonds is 2. The van der Waals surface area contributed by atoms with Crippen LogP contribution in [0.2, 0.25) is 0 Å². The zero-order valence-electron chi connectivity index (χ0n) is 11.5. The molecule has 0 aromatic carbocycles. The summed E-state index contributed by atoms with van der Waals surface area (Å²) in [5, 5.41) is 0. The van der Waals surface area contributed by atoms with Crippen LogP contribution in [0.5, 0.6) is 0 Å². The van der Waals surface area contributed by atoms with Gasteiger partial charge in [0.2, 0.25) is 0 Å². The molecule has 4 heteroatoms. The van der Waals surface area contributed by atoms with Crippen LogP contribution in [0, 0.1) is 17.3 Å². The van der Waals surface area contributed by atoms with Crippen LogP contribution in [0.3, 0.4) is 0 Å². The molecule has 0 atom stereocenters. The van der Waals surface area contributed by atoms with Gasteiger partial charge in [-0.25, -0.2) is 0 Å². The van der Waals surface area contributed by atoms with E-state index in [9.17, 15) is 19.2 Å². The third kappa shape index (κ3) is 2.99. The average Bonchev–Trinajstić information content (AvgIpc) is 2.25. The van der Waals surface area contributed by atoms with Gasteiger partial charge in [0.15, 0.2) is 0 Å². The van der Waals surface area contributed by atoms with Gasteiger partial charge in [-0.05, 0) is 18.3 Å². The van der Waals surface area contributed by atoms with Gasteiger partial charge in [-0.3, -0.25) is 19.2 Å². The van der Waals surface area contributed by atoms with Crippen LogP contribution in [0.15, 0.2) is 0 Å². The molecule has 2 rings (SSSR count). The Hall–Kier alpha value is -1.32. The van der Waals surface area contributed by atoms with Crippen LogP contribution in [0.1, 0.15) is 52.4 Å². The topological polar surface area (TPSA) is 68.3 Å². The van der Waals surface area contributed by atoms with Crippen molar-refractivity contribution >= 4 is 23.1 Å². The third-order valence-corrected chi connectivity index (χ3v) is 4.18. The molecule has 0 heterocycles. The minimum absolute atomic E-state index is 0.0957. The Balaban J connectivity index is 2.10. The van der Waals surface area contributed by atoms with Crippen LogP contribution < -0.4 is 0 Å². The number of Topliss-reactive ketones (excluding diaryl/α,β-unsaturated/α-hetero) is 4. The molecule has 4 nitrogen and oxygen atoms in total. The summed E-state index contributed by atoms with van der Waals surface area (Å²) in [4.78, 5) is 47.7. The van der Waals surface area contributed by atoms with Crippen molar-refractivity contribution in [1.29, 1.82) is 0 Å². The summed E-state index contributed by atoms with van der Waals surface area (Å²) in [5.74, 6) is -1.85. The molecule has 0 saturated heterocycles. The minimum atomic E-state index is -0.732. The van der Waals surface area contributed by atoms with Gasteiger partial charge < -0.3 is 0 Å². The fraction of sp³-hybridized carbons (Fsp3) is 0.733. The third-order valence-electron chi connectivity index (χ3n) is 4.18. The highest BCUT2D eigenvalue weighted by Gasteiger charge is 2.43. The largest absolute Gasteiger partial charge is 0.299 e.